The van der Waals surface area contributed by atoms with E-state index in [1.54, 1.807) is 13.0 Å². The van der Waals surface area contributed by atoms with Crippen LogP contribution in [0.25, 0.3) is 0 Å². The molecule has 4 nitrogen and oxygen atoms in total. The second-order valence-electron chi connectivity index (χ2n) is 4.97. The standard InChI is InChI=1S/C14H18ClFN2O2/c1-9-8-18(5-6-20-9)10(2)14(19)17-13-4-3-11(15)7-12(13)16/h3-4,7,9-10H,5-6,8H2,1-2H3,(H,17,19). The summed E-state index contributed by atoms with van der Waals surface area (Å²) in [6.45, 7) is 5.77. The molecule has 6 heteroatoms. The molecule has 20 heavy (non-hydrogen) atoms. The Morgan fingerprint density at radius 1 is 1.60 bits per heavy atom. The van der Waals surface area contributed by atoms with E-state index >= 15 is 0 Å². The van der Waals surface area contributed by atoms with Crippen molar-refractivity contribution in [3.8, 4) is 0 Å². The molecule has 0 bridgehead atoms. The fourth-order valence-electron chi connectivity index (χ4n) is 2.19. The third-order valence-electron chi connectivity index (χ3n) is 3.39. The molecule has 1 amide bonds. The number of hydrogen-bond acceptors (Lipinski definition) is 3. The zero-order valence-corrected chi connectivity index (χ0v) is 12.3. The van der Waals surface area contributed by atoms with Gasteiger partial charge < -0.3 is 10.1 Å². The van der Waals surface area contributed by atoms with Gasteiger partial charge in [0.2, 0.25) is 5.91 Å². The Morgan fingerprint density at radius 2 is 2.35 bits per heavy atom. The predicted molar refractivity (Wildman–Crippen MR) is 76.5 cm³/mol. The van der Waals surface area contributed by atoms with Crippen LogP contribution in [0.15, 0.2) is 18.2 Å². The van der Waals surface area contributed by atoms with Gasteiger partial charge >= 0.3 is 0 Å². The highest BCUT2D eigenvalue weighted by Crippen LogP contribution is 2.19. The van der Waals surface area contributed by atoms with Crippen molar-refractivity contribution in [3.63, 3.8) is 0 Å². The number of ether oxygens (including phenoxy) is 1. The number of nitrogens with one attached hydrogen (secondary N) is 1. The Morgan fingerprint density at radius 3 is 3.00 bits per heavy atom. The van der Waals surface area contributed by atoms with Crippen LogP contribution in [-0.4, -0.2) is 42.6 Å². The quantitative estimate of drug-likeness (QED) is 0.932. The molecule has 1 aliphatic heterocycles. The van der Waals surface area contributed by atoms with Gasteiger partial charge in [-0.3, -0.25) is 9.69 Å². The van der Waals surface area contributed by atoms with E-state index in [1.807, 2.05) is 11.8 Å². The van der Waals surface area contributed by atoms with Crippen molar-refractivity contribution in [2.75, 3.05) is 25.0 Å². The minimum absolute atomic E-state index is 0.103. The van der Waals surface area contributed by atoms with Crippen molar-refractivity contribution >= 4 is 23.2 Å². The molecule has 110 valence electrons. The molecule has 1 fully saturated rings. The van der Waals surface area contributed by atoms with Crippen molar-refractivity contribution in [1.29, 1.82) is 0 Å². The molecule has 1 aliphatic rings. The summed E-state index contributed by atoms with van der Waals surface area (Å²) in [6.07, 6.45) is 0.103. The van der Waals surface area contributed by atoms with Crippen molar-refractivity contribution in [2.45, 2.75) is 26.0 Å². The van der Waals surface area contributed by atoms with Crippen molar-refractivity contribution in [1.82, 2.24) is 4.90 Å². The van der Waals surface area contributed by atoms with E-state index < -0.39 is 5.82 Å². The molecule has 0 aliphatic carbocycles. The molecule has 0 radical (unpaired) electrons. The normalized spacial score (nSPS) is 21.5. The van der Waals surface area contributed by atoms with Crippen molar-refractivity contribution in [3.05, 3.63) is 29.0 Å². The van der Waals surface area contributed by atoms with E-state index in [0.29, 0.717) is 24.7 Å². The number of nitrogens with zero attached hydrogens (tertiary/aromatic N) is 1. The first kappa shape index (κ1) is 15.2. The van der Waals surface area contributed by atoms with E-state index in [-0.39, 0.29) is 23.7 Å². The molecular formula is C14H18ClFN2O2. The van der Waals surface area contributed by atoms with Crippen LogP contribution in [0.4, 0.5) is 10.1 Å². The van der Waals surface area contributed by atoms with Gasteiger partial charge in [-0.1, -0.05) is 11.6 Å². The Balaban J connectivity index is 2.00. The van der Waals surface area contributed by atoms with Gasteiger partial charge in [0.15, 0.2) is 0 Å². The number of hydrogen-bond donors (Lipinski definition) is 1. The maximum absolute atomic E-state index is 13.6. The lowest BCUT2D eigenvalue weighted by Crippen LogP contribution is -2.50. The summed E-state index contributed by atoms with van der Waals surface area (Å²) in [5, 5.41) is 2.90. The number of carbonyl (C=O) groups is 1. The minimum atomic E-state index is -0.534. The van der Waals surface area contributed by atoms with Gasteiger partial charge in [-0.15, -0.1) is 0 Å². The Labute approximate surface area is 122 Å². The molecule has 1 aromatic carbocycles. The SMILES string of the molecule is CC1CN(C(C)C(=O)Nc2ccc(Cl)cc2F)CCO1. The second-order valence-corrected chi connectivity index (χ2v) is 5.40. The third kappa shape index (κ3) is 3.69. The fourth-order valence-corrected chi connectivity index (χ4v) is 2.35. The topological polar surface area (TPSA) is 41.6 Å². The number of benzene rings is 1. The maximum atomic E-state index is 13.6. The zero-order valence-electron chi connectivity index (χ0n) is 11.5. The van der Waals surface area contributed by atoms with E-state index in [1.165, 1.54) is 12.1 Å². The number of morpholine rings is 1. The van der Waals surface area contributed by atoms with Gasteiger partial charge in [0.05, 0.1) is 24.4 Å². The first-order valence-corrected chi connectivity index (χ1v) is 6.96. The summed E-state index contributed by atoms with van der Waals surface area (Å²) in [6, 6.07) is 3.85. The number of halogens is 2. The molecule has 0 aromatic heterocycles. The van der Waals surface area contributed by atoms with E-state index in [2.05, 4.69) is 5.32 Å². The summed E-state index contributed by atoms with van der Waals surface area (Å²) in [5.74, 6) is -0.770. The van der Waals surface area contributed by atoms with E-state index in [4.69, 9.17) is 16.3 Å². The molecule has 2 rings (SSSR count). The van der Waals surface area contributed by atoms with E-state index in [0.717, 1.165) is 0 Å². The van der Waals surface area contributed by atoms with Gasteiger partial charge in [-0.2, -0.15) is 0 Å². The summed E-state index contributed by atoms with van der Waals surface area (Å²) in [7, 11) is 0. The number of amides is 1. The second kappa shape index (κ2) is 6.52. The lowest BCUT2D eigenvalue weighted by atomic mass is 10.2. The van der Waals surface area contributed by atoms with Gasteiger partial charge in [0.25, 0.3) is 0 Å². The van der Waals surface area contributed by atoms with Crippen LogP contribution in [-0.2, 0) is 9.53 Å². The van der Waals surface area contributed by atoms with Crippen LogP contribution in [0.1, 0.15) is 13.8 Å². The van der Waals surface area contributed by atoms with Gasteiger partial charge in [0, 0.05) is 18.1 Å². The highest BCUT2D eigenvalue weighted by atomic mass is 35.5. The van der Waals surface area contributed by atoms with Crippen LogP contribution >= 0.6 is 11.6 Å². The minimum Gasteiger partial charge on any atom is -0.376 e. The smallest absolute Gasteiger partial charge is 0.241 e. The molecule has 2 unspecified atom stereocenters. The maximum Gasteiger partial charge on any atom is 0.241 e. The highest BCUT2D eigenvalue weighted by Gasteiger charge is 2.26. The van der Waals surface area contributed by atoms with Crippen LogP contribution in [0, 0.1) is 5.82 Å². The van der Waals surface area contributed by atoms with Crippen LogP contribution < -0.4 is 5.32 Å². The summed E-state index contributed by atoms with van der Waals surface area (Å²) >= 11 is 5.68. The summed E-state index contributed by atoms with van der Waals surface area (Å²) < 4.78 is 19.1. The summed E-state index contributed by atoms with van der Waals surface area (Å²) in [4.78, 5) is 14.2. The van der Waals surface area contributed by atoms with Gasteiger partial charge in [-0.05, 0) is 32.0 Å². The monoisotopic (exact) mass is 300 g/mol. The third-order valence-corrected chi connectivity index (χ3v) is 3.62. The highest BCUT2D eigenvalue weighted by molar-refractivity contribution is 6.30. The molecule has 0 saturated carbocycles. The number of anilines is 1. The van der Waals surface area contributed by atoms with Crippen LogP contribution in [0.2, 0.25) is 5.02 Å². The Hall–Kier alpha value is -1.17. The Bertz CT molecular complexity index is 498. The lowest BCUT2D eigenvalue weighted by Gasteiger charge is -2.34. The molecule has 1 aromatic rings. The summed E-state index contributed by atoms with van der Waals surface area (Å²) in [5.41, 5.74) is 0.146. The van der Waals surface area contributed by atoms with Gasteiger partial charge in [0.1, 0.15) is 5.82 Å². The average Bonchev–Trinajstić information content (AvgIpc) is 2.41. The first-order chi connectivity index (χ1) is 9.47. The van der Waals surface area contributed by atoms with Crippen LogP contribution in [0.3, 0.4) is 0 Å². The molecular weight excluding hydrogens is 283 g/mol. The predicted octanol–water partition coefficient (Wildman–Crippen LogP) is 2.53. The molecule has 1 N–H and O–H groups in total. The molecule has 1 saturated heterocycles. The molecule has 2 atom stereocenters. The lowest BCUT2D eigenvalue weighted by molar-refractivity contribution is -0.123. The first-order valence-electron chi connectivity index (χ1n) is 6.59. The largest absolute Gasteiger partial charge is 0.376 e. The van der Waals surface area contributed by atoms with Crippen LogP contribution in [0.5, 0.6) is 0 Å². The van der Waals surface area contributed by atoms with Crippen molar-refractivity contribution in [2.24, 2.45) is 0 Å². The Kier molecular flexibility index (Phi) is 4.96. The average molecular weight is 301 g/mol. The van der Waals surface area contributed by atoms with Gasteiger partial charge in [-0.25, -0.2) is 4.39 Å². The fraction of sp³-hybridized carbons (Fsp3) is 0.500. The zero-order chi connectivity index (χ0) is 14.7. The van der Waals surface area contributed by atoms with Crippen molar-refractivity contribution < 1.29 is 13.9 Å². The molecule has 1 heterocycles. The number of rotatable bonds is 3. The van der Waals surface area contributed by atoms with E-state index in [9.17, 15) is 9.18 Å². The number of carbonyl (C=O) groups excluding carboxylic acids is 1. The molecule has 0 spiro atoms.